The third-order valence-electron chi connectivity index (χ3n) is 2.96. The molecule has 0 radical (unpaired) electrons. The molecule has 90 valence electrons. The van der Waals surface area contributed by atoms with E-state index in [1.165, 1.54) is 0 Å². The topological polar surface area (TPSA) is 57.6 Å². The van der Waals surface area contributed by atoms with Gasteiger partial charge in [0.05, 0.1) is 5.92 Å². The Morgan fingerprint density at radius 2 is 1.94 bits per heavy atom. The molecule has 16 heavy (non-hydrogen) atoms. The number of hydrogen-bond donors (Lipinski definition) is 1. The fourth-order valence-corrected chi connectivity index (χ4v) is 2.15. The molecule has 0 bridgehead atoms. The molecule has 7 heteroatoms. The monoisotopic (exact) mass is 237 g/mol. The summed E-state index contributed by atoms with van der Waals surface area (Å²) in [5.41, 5.74) is 0. The van der Waals surface area contributed by atoms with Crippen LogP contribution in [0.4, 0.5) is 13.2 Å². The van der Waals surface area contributed by atoms with Crippen molar-refractivity contribution in [3.63, 3.8) is 0 Å². The van der Waals surface area contributed by atoms with Crippen molar-refractivity contribution in [2.24, 2.45) is 5.92 Å². The van der Waals surface area contributed by atoms with Crippen LogP contribution in [-0.4, -0.2) is 40.1 Å². The average molecular weight is 237 g/mol. The molecule has 2 rings (SSSR count). The lowest BCUT2D eigenvalue weighted by atomic mass is 10.00. The number of likely N-dealkylation sites (tertiary alicyclic amines) is 1. The van der Waals surface area contributed by atoms with Crippen molar-refractivity contribution in [2.45, 2.75) is 37.5 Å². The lowest BCUT2D eigenvalue weighted by Crippen LogP contribution is -2.48. The summed E-state index contributed by atoms with van der Waals surface area (Å²) in [5.74, 6) is -3.91. The molecule has 0 aromatic rings. The number of alkyl halides is 3. The minimum absolute atomic E-state index is 0.413. The number of aliphatic carboxylic acids is 1. The summed E-state index contributed by atoms with van der Waals surface area (Å²) < 4.78 is 38.2. The van der Waals surface area contributed by atoms with Crippen LogP contribution in [0.2, 0.25) is 0 Å². The van der Waals surface area contributed by atoms with Gasteiger partial charge in [0.1, 0.15) is 6.04 Å². The first-order valence-corrected chi connectivity index (χ1v) is 4.93. The minimum Gasteiger partial charge on any atom is -0.481 e. The highest BCUT2D eigenvalue weighted by atomic mass is 19.4. The fourth-order valence-electron chi connectivity index (χ4n) is 2.15. The molecule has 1 aliphatic carbocycles. The highest BCUT2D eigenvalue weighted by Gasteiger charge is 2.60. The van der Waals surface area contributed by atoms with Gasteiger partial charge in [0.15, 0.2) is 0 Å². The number of hydrogen-bond acceptors (Lipinski definition) is 2. The van der Waals surface area contributed by atoms with E-state index in [-0.39, 0.29) is 0 Å². The maximum Gasteiger partial charge on any atom is 0.409 e. The summed E-state index contributed by atoms with van der Waals surface area (Å²) in [4.78, 5) is 22.8. The number of amides is 1. The first kappa shape index (κ1) is 11.2. The van der Waals surface area contributed by atoms with Crippen LogP contribution in [0.15, 0.2) is 0 Å². The Balaban J connectivity index is 2.30. The second-order valence-corrected chi connectivity index (χ2v) is 4.17. The highest BCUT2D eigenvalue weighted by molar-refractivity contribution is 5.87. The molecule has 0 aromatic carbocycles. The molecule has 2 aliphatic rings. The molecule has 4 nitrogen and oxygen atoms in total. The van der Waals surface area contributed by atoms with Gasteiger partial charge in [-0.15, -0.1) is 0 Å². The van der Waals surface area contributed by atoms with E-state index < -0.39 is 42.5 Å². The van der Waals surface area contributed by atoms with Gasteiger partial charge >= 0.3 is 12.1 Å². The molecular formula is C9H10F3NO3. The Hall–Kier alpha value is -1.27. The van der Waals surface area contributed by atoms with Gasteiger partial charge in [-0.1, -0.05) is 0 Å². The minimum atomic E-state index is -4.67. The third-order valence-corrected chi connectivity index (χ3v) is 2.96. The first-order chi connectivity index (χ1) is 7.32. The normalized spacial score (nSPS) is 30.9. The predicted octanol–water partition coefficient (Wildman–Crippen LogP) is 1.01. The van der Waals surface area contributed by atoms with Gasteiger partial charge in [-0.3, -0.25) is 9.59 Å². The van der Waals surface area contributed by atoms with E-state index in [0.29, 0.717) is 12.8 Å². The molecule has 0 unspecified atom stereocenters. The molecule has 1 heterocycles. The summed E-state index contributed by atoms with van der Waals surface area (Å²) in [6.45, 7) is 0. The van der Waals surface area contributed by atoms with Gasteiger partial charge in [0.25, 0.3) is 0 Å². The van der Waals surface area contributed by atoms with Crippen molar-refractivity contribution in [3.8, 4) is 0 Å². The zero-order chi connectivity index (χ0) is 12.1. The Morgan fingerprint density at radius 3 is 2.31 bits per heavy atom. The first-order valence-electron chi connectivity index (χ1n) is 4.93. The molecule has 2 fully saturated rings. The lowest BCUT2D eigenvalue weighted by molar-refractivity contribution is -0.194. The molecule has 2 atom stereocenters. The summed E-state index contributed by atoms with van der Waals surface area (Å²) >= 11 is 0. The number of rotatable bonds is 2. The summed E-state index contributed by atoms with van der Waals surface area (Å²) in [7, 11) is 0. The molecule has 1 saturated heterocycles. The van der Waals surface area contributed by atoms with Crippen LogP contribution in [-0.2, 0) is 9.59 Å². The van der Waals surface area contributed by atoms with Crippen molar-refractivity contribution in [3.05, 3.63) is 0 Å². The Kier molecular flexibility index (Phi) is 2.36. The standard InChI is InChI=1S/C9H10F3NO3/c10-9(11,12)7-5(8(15)16)3-6(14)13(7)4-1-2-4/h4-5,7H,1-3H2,(H,15,16)/t5-,7-/m0/s1. The van der Waals surface area contributed by atoms with E-state index in [0.717, 1.165) is 4.90 Å². The average Bonchev–Trinajstić information content (AvgIpc) is 2.87. The third kappa shape index (κ3) is 1.74. The lowest BCUT2D eigenvalue weighted by Gasteiger charge is -2.28. The van der Waals surface area contributed by atoms with E-state index in [1.54, 1.807) is 0 Å². The Bertz CT molecular complexity index is 337. The van der Waals surface area contributed by atoms with Gasteiger partial charge in [0.2, 0.25) is 5.91 Å². The number of nitrogens with zero attached hydrogens (tertiary/aromatic N) is 1. The van der Waals surface area contributed by atoms with E-state index in [1.807, 2.05) is 0 Å². The van der Waals surface area contributed by atoms with E-state index in [9.17, 15) is 22.8 Å². The fraction of sp³-hybridized carbons (Fsp3) is 0.778. The second kappa shape index (κ2) is 3.36. The molecule has 1 aliphatic heterocycles. The van der Waals surface area contributed by atoms with Crippen molar-refractivity contribution in [2.75, 3.05) is 0 Å². The Labute approximate surface area is 89.0 Å². The van der Waals surface area contributed by atoms with Gasteiger partial charge in [-0.2, -0.15) is 13.2 Å². The van der Waals surface area contributed by atoms with Crippen molar-refractivity contribution in [1.29, 1.82) is 0 Å². The molecule has 0 spiro atoms. The van der Waals surface area contributed by atoms with Crippen LogP contribution in [0.25, 0.3) is 0 Å². The maximum absolute atomic E-state index is 12.7. The SMILES string of the molecule is O=C(O)[C@H]1CC(=O)N(C2CC2)[C@@H]1C(F)(F)F. The van der Waals surface area contributed by atoms with E-state index >= 15 is 0 Å². The van der Waals surface area contributed by atoms with Crippen molar-refractivity contribution in [1.82, 2.24) is 4.90 Å². The molecule has 1 N–H and O–H groups in total. The quantitative estimate of drug-likeness (QED) is 0.779. The zero-order valence-corrected chi connectivity index (χ0v) is 8.20. The largest absolute Gasteiger partial charge is 0.481 e. The second-order valence-electron chi connectivity index (χ2n) is 4.17. The molecular weight excluding hydrogens is 227 g/mol. The maximum atomic E-state index is 12.7. The van der Waals surface area contributed by atoms with Crippen molar-refractivity contribution < 1.29 is 27.9 Å². The highest BCUT2D eigenvalue weighted by Crippen LogP contribution is 2.43. The van der Waals surface area contributed by atoms with Crippen LogP contribution in [0.5, 0.6) is 0 Å². The summed E-state index contributed by atoms with van der Waals surface area (Å²) in [5, 5.41) is 8.71. The van der Waals surface area contributed by atoms with E-state index in [2.05, 4.69) is 0 Å². The number of carboxylic acid groups (broad SMARTS) is 1. The van der Waals surface area contributed by atoms with Gasteiger partial charge in [-0.05, 0) is 12.8 Å². The van der Waals surface area contributed by atoms with Crippen LogP contribution < -0.4 is 0 Å². The van der Waals surface area contributed by atoms with Crippen LogP contribution >= 0.6 is 0 Å². The number of carbonyl (C=O) groups is 2. The van der Waals surface area contributed by atoms with Crippen LogP contribution in [0.1, 0.15) is 19.3 Å². The summed E-state index contributed by atoms with van der Waals surface area (Å²) in [6, 6.07) is -2.56. The van der Waals surface area contributed by atoms with Gasteiger partial charge < -0.3 is 10.0 Å². The number of carboxylic acids is 1. The number of halogens is 3. The number of carbonyl (C=O) groups excluding carboxylic acids is 1. The molecule has 1 amide bonds. The van der Waals surface area contributed by atoms with Gasteiger partial charge in [0, 0.05) is 12.5 Å². The summed E-state index contributed by atoms with van der Waals surface area (Å²) in [6.07, 6.45) is -4.15. The smallest absolute Gasteiger partial charge is 0.409 e. The van der Waals surface area contributed by atoms with Gasteiger partial charge in [-0.25, -0.2) is 0 Å². The zero-order valence-electron chi connectivity index (χ0n) is 8.20. The molecule has 0 aromatic heterocycles. The van der Waals surface area contributed by atoms with E-state index in [4.69, 9.17) is 5.11 Å². The van der Waals surface area contributed by atoms with Crippen LogP contribution in [0, 0.1) is 5.92 Å². The molecule has 1 saturated carbocycles. The van der Waals surface area contributed by atoms with Crippen molar-refractivity contribution >= 4 is 11.9 Å². The predicted molar refractivity (Wildman–Crippen MR) is 45.5 cm³/mol. The Morgan fingerprint density at radius 1 is 1.38 bits per heavy atom. The van der Waals surface area contributed by atoms with Crippen LogP contribution in [0.3, 0.4) is 0 Å².